The summed E-state index contributed by atoms with van der Waals surface area (Å²) in [6, 6.07) is 0. The lowest BCUT2D eigenvalue weighted by atomic mass is 9.96. The molecule has 0 aromatic heterocycles. The molecule has 5 nitrogen and oxygen atoms in total. The van der Waals surface area contributed by atoms with Crippen molar-refractivity contribution >= 4 is 11.9 Å². The zero-order chi connectivity index (χ0) is 13.1. The summed E-state index contributed by atoms with van der Waals surface area (Å²) in [4.78, 5) is 25.1. The highest BCUT2D eigenvalue weighted by molar-refractivity contribution is 5.88. The highest BCUT2D eigenvalue weighted by Gasteiger charge is 2.46. The SMILES string of the molecule is CCCC(CN)C(=O)N1CCCC1(C)C(=O)O. The van der Waals surface area contributed by atoms with Crippen molar-refractivity contribution < 1.29 is 14.7 Å². The van der Waals surface area contributed by atoms with Crippen LogP contribution in [0.25, 0.3) is 0 Å². The normalized spacial score (nSPS) is 25.9. The molecule has 1 amide bonds. The number of carbonyl (C=O) groups is 2. The largest absolute Gasteiger partial charge is 0.480 e. The van der Waals surface area contributed by atoms with E-state index >= 15 is 0 Å². The highest BCUT2D eigenvalue weighted by atomic mass is 16.4. The molecule has 0 aliphatic carbocycles. The van der Waals surface area contributed by atoms with Gasteiger partial charge in [-0.05, 0) is 26.2 Å². The van der Waals surface area contributed by atoms with Crippen LogP contribution in [0.1, 0.15) is 39.5 Å². The molecule has 1 saturated heterocycles. The van der Waals surface area contributed by atoms with E-state index in [1.807, 2.05) is 6.92 Å². The van der Waals surface area contributed by atoms with Crippen LogP contribution in [0.15, 0.2) is 0 Å². The molecule has 0 aromatic rings. The fourth-order valence-corrected chi connectivity index (χ4v) is 2.45. The van der Waals surface area contributed by atoms with Gasteiger partial charge in [0, 0.05) is 13.1 Å². The summed E-state index contributed by atoms with van der Waals surface area (Å²) in [5.74, 6) is -1.26. The number of carboxylic acids is 1. The average Bonchev–Trinajstić information content (AvgIpc) is 2.68. The van der Waals surface area contributed by atoms with E-state index < -0.39 is 11.5 Å². The van der Waals surface area contributed by atoms with Crippen LogP contribution in [-0.2, 0) is 9.59 Å². The fraction of sp³-hybridized carbons (Fsp3) is 0.833. The summed E-state index contributed by atoms with van der Waals surface area (Å²) >= 11 is 0. The molecule has 3 N–H and O–H groups in total. The van der Waals surface area contributed by atoms with Crippen LogP contribution in [0.3, 0.4) is 0 Å². The lowest BCUT2D eigenvalue weighted by molar-refractivity contribution is -0.157. The maximum atomic E-state index is 12.3. The van der Waals surface area contributed by atoms with Gasteiger partial charge in [0.25, 0.3) is 0 Å². The molecule has 1 aliphatic rings. The maximum Gasteiger partial charge on any atom is 0.329 e. The van der Waals surface area contributed by atoms with Crippen molar-refractivity contribution in [3.8, 4) is 0 Å². The van der Waals surface area contributed by atoms with Gasteiger partial charge >= 0.3 is 5.97 Å². The molecule has 0 spiro atoms. The van der Waals surface area contributed by atoms with Gasteiger partial charge in [-0.25, -0.2) is 4.79 Å². The average molecular weight is 242 g/mol. The lowest BCUT2D eigenvalue weighted by Gasteiger charge is -2.33. The van der Waals surface area contributed by atoms with Gasteiger partial charge in [0.2, 0.25) is 5.91 Å². The standard InChI is InChI=1S/C12H22N2O3/c1-3-5-9(8-13)10(15)14-7-4-6-12(14,2)11(16)17/h9H,3-8,13H2,1-2H3,(H,16,17). The van der Waals surface area contributed by atoms with Crippen LogP contribution in [0.2, 0.25) is 0 Å². The van der Waals surface area contributed by atoms with Crippen molar-refractivity contribution in [3.63, 3.8) is 0 Å². The minimum absolute atomic E-state index is 0.100. The summed E-state index contributed by atoms with van der Waals surface area (Å²) in [5, 5.41) is 9.25. The van der Waals surface area contributed by atoms with E-state index in [2.05, 4.69) is 0 Å². The number of likely N-dealkylation sites (tertiary alicyclic amines) is 1. The summed E-state index contributed by atoms with van der Waals surface area (Å²) in [5.41, 5.74) is 4.55. The molecule has 1 heterocycles. The first kappa shape index (κ1) is 14.0. The Bertz CT molecular complexity index is 306. The first-order valence-corrected chi connectivity index (χ1v) is 6.22. The highest BCUT2D eigenvalue weighted by Crippen LogP contribution is 2.31. The number of carboxylic acid groups (broad SMARTS) is 1. The Morgan fingerprint density at radius 2 is 2.18 bits per heavy atom. The maximum absolute atomic E-state index is 12.3. The molecule has 0 saturated carbocycles. The number of rotatable bonds is 5. The van der Waals surface area contributed by atoms with Gasteiger partial charge in [0.1, 0.15) is 5.54 Å². The minimum Gasteiger partial charge on any atom is -0.480 e. The van der Waals surface area contributed by atoms with Crippen molar-refractivity contribution in [2.45, 2.75) is 45.1 Å². The van der Waals surface area contributed by atoms with Crippen LogP contribution in [-0.4, -0.2) is 40.5 Å². The molecule has 2 unspecified atom stereocenters. The Kier molecular flexibility index (Phi) is 4.51. The number of aliphatic carboxylic acids is 1. The van der Waals surface area contributed by atoms with Crippen LogP contribution < -0.4 is 5.73 Å². The molecular weight excluding hydrogens is 220 g/mol. The van der Waals surface area contributed by atoms with Gasteiger partial charge in [-0.15, -0.1) is 0 Å². The molecule has 1 rings (SSSR count). The first-order chi connectivity index (χ1) is 7.97. The van der Waals surface area contributed by atoms with E-state index in [-0.39, 0.29) is 11.8 Å². The van der Waals surface area contributed by atoms with E-state index in [1.165, 1.54) is 4.90 Å². The number of amides is 1. The second-order valence-corrected chi connectivity index (χ2v) is 4.89. The van der Waals surface area contributed by atoms with Crippen LogP contribution in [0.4, 0.5) is 0 Å². The topological polar surface area (TPSA) is 83.6 Å². The number of nitrogens with zero attached hydrogens (tertiary/aromatic N) is 1. The summed E-state index contributed by atoms with van der Waals surface area (Å²) in [6.45, 7) is 4.44. The minimum atomic E-state index is -1.04. The van der Waals surface area contributed by atoms with Gasteiger partial charge < -0.3 is 15.7 Å². The van der Waals surface area contributed by atoms with Crippen LogP contribution >= 0.6 is 0 Å². The zero-order valence-corrected chi connectivity index (χ0v) is 10.6. The molecule has 0 aromatic carbocycles. The van der Waals surface area contributed by atoms with E-state index in [0.29, 0.717) is 19.5 Å². The third-order valence-electron chi connectivity index (χ3n) is 3.64. The van der Waals surface area contributed by atoms with Crippen LogP contribution in [0, 0.1) is 5.92 Å². The summed E-state index contributed by atoms with van der Waals surface area (Å²) in [7, 11) is 0. The summed E-state index contributed by atoms with van der Waals surface area (Å²) < 4.78 is 0. The molecular formula is C12H22N2O3. The zero-order valence-electron chi connectivity index (χ0n) is 10.6. The number of carbonyl (C=O) groups excluding carboxylic acids is 1. The fourth-order valence-electron chi connectivity index (χ4n) is 2.45. The molecule has 17 heavy (non-hydrogen) atoms. The third-order valence-corrected chi connectivity index (χ3v) is 3.64. The Hall–Kier alpha value is -1.10. The van der Waals surface area contributed by atoms with E-state index in [1.54, 1.807) is 6.92 Å². The van der Waals surface area contributed by atoms with Gasteiger partial charge in [-0.2, -0.15) is 0 Å². The monoisotopic (exact) mass is 242 g/mol. The van der Waals surface area contributed by atoms with Gasteiger partial charge in [0.15, 0.2) is 0 Å². The quantitative estimate of drug-likeness (QED) is 0.748. The van der Waals surface area contributed by atoms with E-state index in [4.69, 9.17) is 5.73 Å². The summed E-state index contributed by atoms with van der Waals surface area (Å²) in [6.07, 6.45) is 2.88. The second-order valence-electron chi connectivity index (χ2n) is 4.89. The molecule has 1 aliphatic heterocycles. The lowest BCUT2D eigenvalue weighted by Crippen LogP contribution is -2.53. The number of hydrogen-bond acceptors (Lipinski definition) is 3. The Balaban J connectivity index is 2.84. The molecule has 5 heteroatoms. The molecule has 0 radical (unpaired) electrons. The Labute approximate surface area is 102 Å². The van der Waals surface area contributed by atoms with Crippen molar-refractivity contribution in [2.75, 3.05) is 13.1 Å². The molecule has 0 bridgehead atoms. The van der Waals surface area contributed by atoms with Crippen molar-refractivity contribution in [2.24, 2.45) is 11.7 Å². The number of nitrogens with two attached hydrogens (primary N) is 1. The molecule has 98 valence electrons. The first-order valence-electron chi connectivity index (χ1n) is 6.22. The van der Waals surface area contributed by atoms with Crippen LogP contribution in [0.5, 0.6) is 0 Å². The Morgan fingerprint density at radius 3 is 2.65 bits per heavy atom. The van der Waals surface area contributed by atoms with E-state index in [0.717, 1.165) is 19.3 Å². The predicted molar refractivity (Wildman–Crippen MR) is 64.4 cm³/mol. The van der Waals surface area contributed by atoms with Gasteiger partial charge in [0.05, 0.1) is 5.92 Å². The smallest absolute Gasteiger partial charge is 0.329 e. The third kappa shape index (κ3) is 2.60. The van der Waals surface area contributed by atoms with Gasteiger partial charge in [-0.1, -0.05) is 13.3 Å². The van der Waals surface area contributed by atoms with E-state index in [9.17, 15) is 14.7 Å². The van der Waals surface area contributed by atoms with Crippen molar-refractivity contribution in [3.05, 3.63) is 0 Å². The number of hydrogen-bond donors (Lipinski definition) is 2. The van der Waals surface area contributed by atoms with Crippen molar-refractivity contribution in [1.29, 1.82) is 0 Å². The predicted octanol–water partition coefficient (Wildman–Crippen LogP) is 0.827. The molecule has 1 fully saturated rings. The van der Waals surface area contributed by atoms with Crippen molar-refractivity contribution in [1.82, 2.24) is 4.90 Å². The Morgan fingerprint density at radius 1 is 1.53 bits per heavy atom. The molecule has 2 atom stereocenters. The van der Waals surface area contributed by atoms with Gasteiger partial charge in [-0.3, -0.25) is 4.79 Å². The second kappa shape index (κ2) is 5.49.